The first kappa shape index (κ1) is 14.0. The average Bonchev–Trinajstić information content (AvgIpc) is 2.70. The Labute approximate surface area is 104 Å². The summed E-state index contributed by atoms with van der Waals surface area (Å²) >= 11 is 0. The van der Waals surface area contributed by atoms with Crippen molar-refractivity contribution in [3.05, 3.63) is 23.5 Å². The number of aromatic nitrogens is 1. The van der Waals surface area contributed by atoms with Gasteiger partial charge in [0.05, 0.1) is 12.2 Å². The summed E-state index contributed by atoms with van der Waals surface area (Å²) < 4.78 is 6.26. The monoisotopic (exact) mass is 253 g/mol. The Bertz CT molecular complexity index is 475. The lowest BCUT2D eigenvalue weighted by Crippen LogP contribution is -2.20. The Kier molecular flexibility index (Phi) is 4.65. The van der Waals surface area contributed by atoms with E-state index < -0.39 is 17.7 Å². The first-order valence-corrected chi connectivity index (χ1v) is 5.56. The van der Waals surface area contributed by atoms with Crippen molar-refractivity contribution in [1.29, 1.82) is 0 Å². The van der Waals surface area contributed by atoms with Crippen molar-refractivity contribution in [3.63, 3.8) is 0 Å². The van der Waals surface area contributed by atoms with Crippen molar-refractivity contribution < 1.29 is 24.2 Å². The van der Waals surface area contributed by atoms with Gasteiger partial charge in [-0.1, -0.05) is 6.92 Å². The third-order valence-corrected chi connectivity index (χ3v) is 2.47. The first-order chi connectivity index (χ1) is 8.47. The number of carbonyl (C=O) groups is 3. The molecule has 0 fully saturated rings. The second kappa shape index (κ2) is 6.00. The molecule has 0 saturated carbocycles. The number of ether oxygens (including phenoxy) is 1. The lowest BCUT2D eigenvalue weighted by molar-refractivity contribution is -0.141. The van der Waals surface area contributed by atoms with E-state index >= 15 is 0 Å². The first-order valence-electron chi connectivity index (χ1n) is 5.56. The molecule has 1 aromatic heterocycles. The fraction of sp³-hybridized carbons (Fsp3) is 0.417. The molecule has 0 saturated heterocycles. The second-order valence-electron chi connectivity index (χ2n) is 3.71. The van der Waals surface area contributed by atoms with Crippen LogP contribution in [-0.2, 0) is 27.3 Å². The van der Waals surface area contributed by atoms with Gasteiger partial charge in [0.15, 0.2) is 0 Å². The molecule has 1 heterocycles. The summed E-state index contributed by atoms with van der Waals surface area (Å²) in [7, 11) is 0. The molecule has 0 amide bonds. The van der Waals surface area contributed by atoms with Gasteiger partial charge in [-0.15, -0.1) is 0 Å². The van der Waals surface area contributed by atoms with Crippen LogP contribution < -0.4 is 0 Å². The average molecular weight is 253 g/mol. The van der Waals surface area contributed by atoms with Crippen LogP contribution >= 0.6 is 0 Å². The predicted molar refractivity (Wildman–Crippen MR) is 62.4 cm³/mol. The third kappa shape index (κ3) is 3.19. The molecule has 0 atom stereocenters. The molecule has 0 aliphatic carbocycles. The Morgan fingerprint density at radius 2 is 2.06 bits per heavy atom. The van der Waals surface area contributed by atoms with Crippen LogP contribution in [0.25, 0.3) is 0 Å². The van der Waals surface area contributed by atoms with Gasteiger partial charge in [-0.3, -0.25) is 9.59 Å². The molecule has 6 nitrogen and oxygen atoms in total. The third-order valence-electron chi connectivity index (χ3n) is 2.47. The largest absolute Gasteiger partial charge is 0.475 e. The highest BCUT2D eigenvalue weighted by Gasteiger charge is 2.22. The summed E-state index contributed by atoms with van der Waals surface area (Å²) in [5, 5.41) is 8.76. The molecular formula is C12H15NO5. The van der Waals surface area contributed by atoms with E-state index in [4.69, 9.17) is 9.84 Å². The van der Waals surface area contributed by atoms with Gasteiger partial charge in [-0.05, 0) is 18.1 Å². The highest BCUT2D eigenvalue weighted by molar-refractivity contribution is 6.39. The van der Waals surface area contributed by atoms with Gasteiger partial charge in [-0.2, -0.15) is 0 Å². The molecule has 1 aromatic rings. The van der Waals surface area contributed by atoms with Crippen molar-refractivity contribution in [1.82, 2.24) is 4.57 Å². The van der Waals surface area contributed by atoms with E-state index in [2.05, 4.69) is 0 Å². The van der Waals surface area contributed by atoms with Crippen molar-refractivity contribution in [2.24, 2.45) is 0 Å². The van der Waals surface area contributed by atoms with Gasteiger partial charge in [0.25, 0.3) is 5.78 Å². The van der Waals surface area contributed by atoms with Gasteiger partial charge < -0.3 is 14.4 Å². The fourth-order valence-corrected chi connectivity index (χ4v) is 1.65. The zero-order valence-electron chi connectivity index (χ0n) is 10.3. The number of carboxylic acids is 1. The van der Waals surface area contributed by atoms with E-state index in [1.807, 2.05) is 6.92 Å². The molecule has 0 aliphatic rings. The molecule has 1 N–H and O–H groups in total. The quantitative estimate of drug-likeness (QED) is 0.462. The number of ketones is 1. The number of hydrogen-bond acceptors (Lipinski definition) is 4. The van der Waals surface area contributed by atoms with E-state index in [0.29, 0.717) is 12.0 Å². The number of Topliss-reactive ketones (excluding diaryl/α,β-unsaturated/α-hetero) is 1. The minimum atomic E-state index is -1.49. The van der Waals surface area contributed by atoms with Crippen LogP contribution in [0.2, 0.25) is 0 Å². The van der Waals surface area contributed by atoms with Crippen LogP contribution in [0.15, 0.2) is 12.3 Å². The van der Waals surface area contributed by atoms with E-state index in [0.717, 1.165) is 0 Å². The van der Waals surface area contributed by atoms with E-state index in [9.17, 15) is 14.4 Å². The van der Waals surface area contributed by atoms with Gasteiger partial charge in [0.2, 0.25) is 0 Å². The zero-order valence-corrected chi connectivity index (χ0v) is 10.3. The Hall–Kier alpha value is -2.11. The van der Waals surface area contributed by atoms with E-state index in [1.54, 1.807) is 12.3 Å². The Morgan fingerprint density at radius 3 is 2.56 bits per heavy atom. The lowest BCUT2D eigenvalue weighted by Gasteiger charge is -2.08. The van der Waals surface area contributed by atoms with Crippen molar-refractivity contribution in [2.45, 2.75) is 26.8 Å². The van der Waals surface area contributed by atoms with Gasteiger partial charge in [-0.25, -0.2) is 4.79 Å². The van der Waals surface area contributed by atoms with Crippen LogP contribution in [0.5, 0.6) is 0 Å². The minimum absolute atomic E-state index is 0.104. The number of hydrogen-bond donors (Lipinski definition) is 1. The minimum Gasteiger partial charge on any atom is -0.475 e. The standard InChI is InChI=1S/C12H15NO5/c1-3-9-4-5-13(6-7-18-8(2)14)10(9)11(15)12(16)17/h4-5H,3,6-7H2,1-2H3,(H,16,17). The maximum Gasteiger partial charge on any atom is 0.378 e. The summed E-state index contributed by atoms with van der Waals surface area (Å²) in [6, 6.07) is 1.70. The van der Waals surface area contributed by atoms with Crippen molar-refractivity contribution >= 4 is 17.7 Å². The van der Waals surface area contributed by atoms with Crippen LogP contribution in [0, 0.1) is 0 Å². The lowest BCUT2D eigenvalue weighted by atomic mass is 10.1. The number of nitrogens with zero attached hydrogens (tertiary/aromatic N) is 1. The molecule has 0 spiro atoms. The van der Waals surface area contributed by atoms with Crippen LogP contribution in [0.3, 0.4) is 0 Å². The molecule has 0 aliphatic heterocycles. The van der Waals surface area contributed by atoms with Gasteiger partial charge >= 0.3 is 11.9 Å². The van der Waals surface area contributed by atoms with Crippen LogP contribution in [0.4, 0.5) is 0 Å². The van der Waals surface area contributed by atoms with Gasteiger partial charge in [0, 0.05) is 13.1 Å². The highest BCUT2D eigenvalue weighted by atomic mass is 16.5. The topological polar surface area (TPSA) is 85.6 Å². The smallest absolute Gasteiger partial charge is 0.378 e. The Morgan fingerprint density at radius 1 is 1.39 bits per heavy atom. The number of carboxylic acid groups (broad SMARTS) is 1. The van der Waals surface area contributed by atoms with Crippen molar-refractivity contribution in [2.75, 3.05) is 6.61 Å². The second-order valence-corrected chi connectivity index (χ2v) is 3.71. The Balaban J connectivity index is 2.91. The van der Waals surface area contributed by atoms with Gasteiger partial charge in [0.1, 0.15) is 6.61 Å². The van der Waals surface area contributed by atoms with Crippen LogP contribution in [0.1, 0.15) is 29.9 Å². The number of esters is 1. The van der Waals surface area contributed by atoms with E-state index in [-0.39, 0.29) is 18.8 Å². The number of aryl methyl sites for hydroxylation is 1. The summed E-state index contributed by atoms with van der Waals surface area (Å²) in [6.45, 7) is 3.49. The summed E-state index contributed by atoms with van der Waals surface area (Å²) in [6.07, 6.45) is 2.19. The highest BCUT2D eigenvalue weighted by Crippen LogP contribution is 2.13. The SMILES string of the molecule is CCc1ccn(CCOC(C)=O)c1C(=O)C(=O)O. The predicted octanol–water partition coefficient (Wildman–Crippen LogP) is 0.881. The zero-order chi connectivity index (χ0) is 13.7. The molecule has 0 aromatic carbocycles. The maximum absolute atomic E-state index is 11.6. The van der Waals surface area contributed by atoms with Crippen molar-refractivity contribution in [3.8, 4) is 0 Å². The van der Waals surface area contributed by atoms with Crippen LogP contribution in [-0.4, -0.2) is 34.0 Å². The normalized spacial score (nSPS) is 10.1. The summed E-state index contributed by atoms with van der Waals surface area (Å²) in [5.74, 6) is -2.85. The molecule has 6 heteroatoms. The summed E-state index contributed by atoms with van der Waals surface area (Å²) in [5.41, 5.74) is 0.822. The maximum atomic E-state index is 11.6. The summed E-state index contributed by atoms with van der Waals surface area (Å²) in [4.78, 5) is 33.0. The molecule has 0 bridgehead atoms. The molecule has 1 rings (SSSR count). The molecule has 18 heavy (non-hydrogen) atoms. The number of rotatable bonds is 6. The number of aliphatic carboxylic acids is 1. The molecular weight excluding hydrogens is 238 g/mol. The molecule has 0 radical (unpaired) electrons. The molecule has 0 unspecified atom stereocenters. The molecule has 98 valence electrons. The van der Waals surface area contributed by atoms with E-state index in [1.165, 1.54) is 11.5 Å². The fourth-order valence-electron chi connectivity index (χ4n) is 1.65. The number of carbonyl (C=O) groups excluding carboxylic acids is 2.